The molecule has 0 radical (unpaired) electrons. The van der Waals surface area contributed by atoms with Crippen molar-refractivity contribution in [2.24, 2.45) is 10.9 Å². The predicted molar refractivity (Wildman–Crippen MR) is 98.4 cm³/mol. The largest absolute Gasteiger partial charge is 0.443 e. The van der Waals surface area contributed by atoms with Crippen molar-refractivity contribution in [1.29, 1.82) is 0 Å². The van der Waals surface area contributed by atoms with Crippen LogP contribution >= 0.6 is 0 Å². The summed E-state index contributed by atoms with van der Waals surface area (Å²) in [5, 5.41) is 9.39. The highest BCUT2D eigenvalue weighted by Crippen LogP contribution is 2.26. The highest BCUT2D eigenvalue weighted by Gasteiger charge is 2.24. The zero-order valence-electron chi connectivity index (χ0n) is 15.8. The maximum absolute atomic E-state index is 11.7. The molecule has 1 aromatic rings. The van der Waals surface area contributed by atoms with Crippen LogP contribution in [0.1, 0.15) is 58.1 Å². The number of aliphatic imine (C=N–C) groups is 1. The van der Waals surface area contributed by atoms with Gasteiger partial charge in [-0.05, 0) is 19.3 Å². The Morgan fingerprint density at radius 1 is 1.28 bits per heavy atom. The third kappa shape index (κ3) is 6.07. The maximum atomic E-state index is 11.7. The van der Waals surface area contributed by atoms with E-state index in [0.29, 0.717) is 24.9 Å². The van der Waals surface area contributed by atoms with Crippen molar-refractivity contribution >= 4 is 11.9 Å². The van der Waals surface area contributed by atoms with Gasteiger partial charge in [0.25, 0.3) is 0 Å². The van der Waals surface area contributed by atoms with Gasteiger partial charge in [-0.15, -0.1) is 0 Å². The summed E-state index contributed by atoms with van der Waals surface area (Å²) in [4.78, 5) is 20.2. The third-order valence-corrected chi connectivity index (χ3v) is 4.34. The summed E-state index contributed by atoms with van der Waals surface area (Å²) >= 11 is 0. The lowest BCUT2D eigenvalue weighted by Crippen LogP contribution is -2.39. The molecular formula is C18H31N5O2. The molecule has 25 heavy (non-hydrogen) atoms. The topological polar surface area (TPSA) is 91.5 Å². The SMILES string of the molecule is CN=C(NCCCNC(=O)C1CCC1)NCc1ncc(C(C)(C)C)o1. The molecule has 7 nitrogen and oxygen atoms in total. The quantitative estimate of drug-likeness (QED) is 0.397. The predicted octanol–water partition coefficient (Wildman–Crippen LogP) is 1.94. The van der Waals surface area contributed by atoms with Crippen LogP contribution in [0, 0.1) is 5.92 Å². The molecule has 0 aromatic carbocycles. The monoisotopic (exact) mass is 349 g/mol. The van der Waals surface area contributed by atoms with E-state index < -0.39 is 0 Å². The van der Waals surface area contributed by atoms with E-state index in [1.54, 1.807) is 13.2 Å². The minimum atomic E-state index is -0.0465. The Labute approximate surface area is 150 Å². The molecule has 0 spiro atoms. The first-order valence-corrected chi connectivity index (χ1v) is 9.07. The van der Waals surface area contributed by atoms with E-state index in [9.17, 15) is 4.79 Å². The number of guanidine groups is 1. The Kier molecular flexibility index (Phi) is 6.84. The number of amides is 1. The summed E-state index contributed by atoms with van der Waals surface area (Å²) in [6, 6.07) is 0. The zero-order chi connectivity index (χ0) is 18.3. The summed E-state index contributed by atoms with van der Waals surface area (Å²) in [5.74, 6) is 2.66. The van der Waals surface area contributed by atoms with E-state index >= 15 is 0 Å². The lowest BCUT2D eigenvalue weighted by atomic mass is 9.85. The fourth-order valence-electron chi connectivity index (χ4n) is 2.44. The van der Waals surface area contributed by atoms with Gasteiger partial charge in [-0.1, -0.05) is 27.2 Å². The molecule has 2 rings (SSSR count). The molecule has 3 N–H and O–H groups in total. The van der Waals surface area contributed by atoms with E-state index in [2.05, 4.69) is 46.7 Å². The normalized spacial score (nSPS) is 15.6. The number of carbonyl (C=O) groups excluding carboxylic acids is 1. The molecule has 0 atom stereocenters. The number of nitrogens with zero attached hydrogens (tertiary/aromatic N) is 2. The fourth-order valence-corrected chi connectivity index (χ4v) is 2.44. The number of nitrogens with one attached hydrogen (secondary N) is 3. The van der Waals surface area contributed by atoms with Crippen molar-refractivity contribution in [3.8, 4) is 0 Å². The molecule has 1 saturated carbocycles. The van der Waals surface area contributed by atoms with Crippen LogP contribution in [0.15, 0.2) is 15.6 Å². The lowest BCUT2D eigenvalue weighted by molar-refractivity contribution is -0.127. The second-order valence-corrected chi connectivity index (χ2v) is 7.49. The van der Waals surface area contributed by atoms with Crippen molar-refractivity contribution in [3.63, 3.8) is 0 Å². The molecule has 0 saturated heterocycles. The van der Waals surface area contributed by atoms with Gasteiger partial charge in [0, 0.05) is 31.5 Å². The lowest BCUT2D eigenvalue weighted by Gasteiger charge is -2.24. The zero-order valence-corrected chi connectivity index (χ0v) is 15.8. The van der Waals surface area contributed by atoms with Gasteiger partial charge in [0.1, 0.15) is 5.76 Å². The molecule has 1 fully saturated rings. The molecule has 140 valence electrons. The highest BCUT2D eigenvalue weighted by molar-refractivity contribution is 5.80. The number of hydrogen-bond acceptors (Lipinski definition) is 4. The van der Waals surface area contributed by atoms with Crippen LogP contribution in [0.2, 0.25) is 0 Å². The van der Waals surface area contributed by atoms with Crippen LogP contribution < -0.4 is 16.0 Å². The van der Waals surface area contributed by atoms with E-state index in [4.69, 9.17) is 4.42 Å². The number of rotatable bonds is 7. The Hall–Kier alpha value is -2.05. The standard InChI is InChI=1S/C18H31N5O2/c1-18(2,3)14-11-22-15(25-14)12-23-17(19-4)21-10-6-9-20-16(24)13-7-5-8-13/h11,13H,5-10,12H2,1-4H3,(H,20,24)(H2,19,21,23). The summed E-state index contributed by atoms with van der Waals surface area (Å²) in [6.07, 6.45) is 5.89. The number of carbonyl (C=O) groups is 1. The number of aromatic nitrogens is 1. The van der Waals surface area contributed by atoms with Crippen molar-refractivity contribution in [2.45, 2.75) is 58.4 Å². The molecular weight excluding hydrogens is 318 g/mol. The molecule has 7 heteroatoms. The molecule has 1 heterocycles. The van der Waals surface area contributed by atoms with Crippen molar-refractivity contribution < 1.29 is 9.21 Å². The minimum absolute atomic E-state index is 0.0465. The van der Waals surface area contributed by atoms with Crippen LogP contribution in [0.25, 0.3) is 0 Å². The van der Waals surface area contributed by atoms with Gasteiger partial charge < -0.3 is 20.4 Å². The molecule has 1 amide bonds. The Bertz CT molecular complexity index is 585. The first-order valence-electron chi connectivity index (χ1n) is 9.07. The van der Waals surface area contributed by atoms with Crippen LogP contribution in [0.4, 0.5) is 0 Å². The fraction of sp³-hybridized carbons (Fsp3) is 0.722. The van der Waals surface area contributed by atoms with E-state index in [1.807, 2.05) is 0 Å². The average molecular weight is 349 g/mol. The second kappa shape index (κ2) is 8.87. The minimum Gasteiger partial charge on any atom is -0.443 e. The van der Waals surface area contributed by atoms with E-state index in [1.165, 1.54) is 6.42 Å². The smallest absolute Gasteiger partial charge is 0.223 e. The van der Waals surface area contributed by atoms with Gasteiger partial charge in [-0.2, -0.15) is 0 Å². The van der Waals surface area contributed by atoms with Gasteiger partial charge in [0.2, 0.25) is 11.8 Å². The van der Waals surface area contributed by atoms with Gasteiger partial charge in [-0.25, -0.2) is 4.98 Å². The van der Waals surface area contributed by atoms with Gasteiger partial charge >= 0.3 is 0 Å². The van der Waals surface area contributed by atoms with Crippen molar-refractivity contribution in [2.75, 3.05) is 20.1 Å². The Morgan fingerprint density at radius 2 is 2.00 bits per heavy atom. The van der Waals surface area contributed by atoms with Crippen molar-refractivity contribution in [1.82, 2.24) is 20.9 Å². The van der Waals surface area contributed by atoms with Crippen molar-refractivity contribution in [3.05, 3.63) is 17.8 Å². The van der Waals surface area contributed by atoms with Crippen LogP contribution in [0.3, 0.4) is 0 Å². The molecule has 0 bridgehead atoms. The first-order chi connectivity index (χ1) is 11.9. The number of hydrogen-bond donors (Lipinski definition) is 3. The van der Waals surface area contributed by atoms with Crippen LogP contribution in [-0.4, -0.2) is 37.0 Å². The molecule has 0 unspecified atom stereocenters. The summed E-state index contributed by atoms with van der Waals surface area (Å²) < 4.78 is 5.75. The van der Waals surface area contributed by atoms with Crippen LogP contribution in [-0.2, 0) is 16.8 Å². The average Bonchev–Trinajstić information content (AvgIpc) is 2.97. The Balaban J connectivity index is 1.62. The summed E-state index contributed by atoms with van der Waals surface area (Å²) in [7, 11) is 1.73. The van der Waals surface area contributed by atoms with E-state index in [-0.39, 0.29) is 17.2 Å². The van der Waals surface area contributed by atoms with Gasteiger partial charge in [0.15, 0.2) is 5.96 Å². The first kappa shape index (κ1) is 19.3. The molecule has 1 aromatic heterocycles. The van der Waals surface area contributed by atoms with Gasteiger partial charge in [-0.3, -0.25) is 9.79 Å². The van der Waals surface area contributed by atoms with E-state index in [0.717, 1.165) is 31.6 Å². The maximum Gasteiger partial charge on any atom is 0.223 e. The summed E-state index contributed by atoms with van der Waals surface area (Å²) in [6.45, 7) is 8.19. The Morgan fingerprint density at radius 3 is 2.56 bits per heavy atom. The third-order valence-electron chi connectivity index (χ3n) is 4.34. The number of oxazole rings is 1. The molecule has 1 aliphatic carbocycles. The highest BCUT2D eigenvalue weighted by atomic mass is 16.4. The second-order valence-electron chi connectivity index (χ2n) is 7.49. The summed E-state index contributed by atoms with van der Waals surface area (Å²) in [5.41, 5.74) is -0.0465. The van der Waals surface area contributed by atoms with Gasteiger partial charge in [0.05, 0.1) is 12.7 Å². The molecule has 1 aliphatic rings. The molecule has 0 aliphatic heterocycles. The van der Waals surface area contributed by atoms with Crippen LogP contribution in [0.5, 0.6) is 0 Å².